The monoisotopic (exact) mass is 392 g/mol. The molecule has 0 fully saturated rings. The molecule has 3 heteroatoms. The van der Waals surface area contributed by atoms with Crippen LogP contribution in [0.2, 0.25) is 5.32 Å². The molecule has 0 amide bonds. The van der Waals surface area contributed by atoms with E-state index in [0.717, 1.165) is 11.7 Å². The van der Waals surface area contributed by atoms with Gasteiger partial charge in [-0.05, 0) is 0 Å². The van der Waals surface area contributed by atoms with Crippen LogP contribution < -0.4 is 9.47 Å². The number of para-hydroxylation sites is 1. The van der Waals surface area contributed by atoms with Crippen LogP contribution in [0.25, 0.3) is 0 Å². The summed E-state index contributed by atoms with van der Waals surface area (Å²) in [6, 6.07) is 32.3. The van der Waals surface area contributed by atoms with Crippen LogP contribution in [0.5, 0.6) is 0 Å². The second-order valence-corrected chi connectivity index (χ2v) is 8.37. The Kier molecular flexibility index (Phi) is 4.96. The summed E-state index contributed by atoms with van der Waals surface area (Å²) in [7, 11) is 0. The summed E-state index contributed by atoms with van der Waals surface area (Å²) in [6.45, 7) is 0. The molecule has 0 aromatic heterocycles. The summed E-state index contributed by atoms with van der Waals surface area (Å²) in [5.41, 5.74) is 3.61. The average Bonchev–Trinajstić information content (AvgIpc) is 3.13. The van der Waals surface area contributed by atoms with Crippen molar-refractivity contribution in [2.24, 2.45) is 5.10 Å². The Morgan fingerprint density at radius 1 is 0.800 bits per heavy atom. The Morgan fingerprint density at radius 3 is 2.08 bits per heavy atom. The minimum atomic E-state index is 0.429. The third-order valence-corrected chi connectivity index (χ3v) is 6.74. The minimum absolute atomic E-state index is 0.429. The van der Waals surface area contributed by atoms with E-state index in [4.69, 9.17) is 5.10 Å². The molecule has 0 saturated carbocycles. The van der Waals surface area contributed by atoms with E-state index in [0.29, 0.717) is 21.0 Å². The van der Waals surface area contributed by atoms with Gasteiger partial charge in [-0.3, -0.25) is 0 Å². The predicted molar refractivity (Wildman–Crippen MR) is 107 cm³/mol. The zero-order valence-corrected chi connectivity index (χ0v) is 15.7. The van der Waals surface area contributed by atoms with Crippen LogP contribution in [0, 0.1) is 0 Å². The Bertz CT molecular complexity index is 832. The van der Waals surface area contributed by atoms with Gasteiger partial charge in [-0.25, -0.2) is 0 Å². The Labute approximate surface area is 155 Å². The molecule has 1 unspecified atom stereocenters. The van der Waals surface area contributed by atoms with Gasteiger partial charge in [0.1, 0.15) is 0 Å². The second kappa shape index (κ2) is 7.69. The maximum atomic E-state index is 4.98. The third kappa shape index (κ3) is 3.84. The molecule has 1 heterocycles. The molecule has 1 atom stereocenters. The van der Waals surface area contributed by atoms with Crippen LogP contribution in [-0.4, -0.2) is 26.7 Å². The molecule has 0 radical (unpaired) electrons. The number of rotatable bonds is 5. The van der Waals surface area contributed by atoms with Crippen LogP contribution in [0.4, 0.5) is 5.69 Å². The van der Waals surface area contributed by atoms with E-state index in [2.05, 4.69) is 96.0 Å². The molecular weight excluding hydrogens is 371 g/mol. The van der Waals surface area contributed by atoms with E-state index in [1.54, 1.807) is 0 Å². The van der Waals surface area contributed by atoms with Crippen molar-refractivity contribution in [1.29, 1.82) is 0 Å². The molecule has 0 bridgehead atoms. The van der Waals surface area contributed by atoms with Gasteiger partial charge in [0.2, 0.25) is 0 Å². The summed E-state index contributed by atoms with van der Waals surface area (Å²) in [4.78, 5) is 0. The van der Waals surface area contributed by atoms with Crippen LogP contribution >= 0.6 is 0 Å². The van der Waals surface area contributed by atoms with Crippen LogP contribution in [0.3, 0.4) is 0 Å². The molecule has 4 rings (SSSR count). The summed E-state index contributed by atoms with van der Waals surface area (Å²) in [5, 5.41) is 8.37. The molecule has 3 aromatic carbocycles. The van der Waals surface area contributed by atoms with Gasteiger partial charge in [-0.2, -0.15) is 0 Å². The van der Waals surface area contributed by atoms with Gasteiger partial charge in [-0.15, -0.1) is 0 Å². The van der Waals surface area contributed by atoms with Crippen molar-refractivity contribution < 1.29 is 0 Å². The van der Waals surface area contributed by atoms with Crippen molar-refractivity contribution in [2.75, 3.05) is 5.01 Å². The molecule has 0 spiro atoms. The molecule has 1 aliphatic heterocycles. The first kappa shape index (κ1) is 16.1. The van der Waals surface area contributed by atoms with Gasteiger partial charge in [0.05, 0.1) is 0 Å². The van der Waals surface area contributed by atoms with Gasteiger partial charge in [-0.1, -0.05) is 0 Å². The Hall–Kier alpha value is -2.35. The average molecular weight is 391 g/mol. The van der Waals surface area contributed by atoms with Gasteiger partial charge in [0, 0.05) is 0 Å². The van der Waals surface area contributed by atoms with E-state index >= 15 is 0 Å². The first-order valence-electron chi connectivity index (χ1n) is 8.55. The fourth-order valence-corrected chi connectivity index (χ4v) is 5.14. The summed E-state index contributed by atoms with van der Waals surface area (Å²) in [6.07, 6.45) is 1.01. The molecule has 124 valence electrons. The Balaban J connectivity index is 1.57. The Morgan fingerprint density at radius 2 is 1.40 bits per heavy atom. The quantitative estimate of drug-likeness (QED) is 0.598. The van der Waals surface area contributed by atoms with Crippen LogP contribution in [0.1, 0.15) is 12.0 Å². The van der Waals surface area contributed by atoms with E-state index in [1.807, 2.05) is 0 Å². The number of hydrogen-bond acceptors (Lipinski definition) is 2. The van der Waals surface area contributed by atoms with Crippen molar-refractivity contribution in [3.05, 3.63) is 96.6 Å². The van der Waals surface area contributed by atoms with E-state index in [9.17, 15) is 0 Å². The fraction of sp³-hybridized carbons (Fsp3) is 0.136. The fourth-order valence-electron chi connectivity index (χ4n) is 3.06. The SMILES string of the molecule is c1ccc([Se]CC2CC(c3ccccc3)=NN2c2ccccc2)cc1. The molecule has 0 aliphatic carbocycles. The number of hydrogen-bond donors (Lipinski definition) is 0. The third-order valence-electron chi connectivity index (χ3n) is 4.32. The summed E-state index contributed by atoms with van der Waals surface area (Å²) < 4.78 is 1.45. The zero-order chi connectivity index (χ0) is 16.9. The van der Waals surface area contributed by atoms with Crippen LogP contribution in [-0.2, 0) is 0 Å². The van der Waals surface area contributed by atoms with Crippen LogP contribution in [0.15, 0.2) is 96.1 Å². The van der Waals surface area contributed by atoms with Gasteiger partial charge < -0.3 is 0 Å². The van der Waals surface area contributed by atoms with E-state index in [-0.39, 0.29) is 0 Å². The molecule has 25 heavy (non-hydrogen) atoms. The van der Waals surface area contributed by atoms with E-state index in [1.165, 1.54) is 21.4 Å². The van der Waals surface area contributed by atoms with Crippen molar-refractivity contribution in [1.82, 2.24) is 0 Å². The normalized spacial score (nSPS) is 16.7. The van der Waals surface area contributed by atoms with Gasteiger partial charge >= 0.3 is 155 Å². The standard InChI is InChI=1S/C22H20N2Se/c1-4-10-18(11-5-1)22-16-20(17-25-21-14-8-3-9-15-21)24(23-22)19-12-6-2-7-13-19/h1-15,20H,16-17H2. The molecule has 3 aromatic rings. The number of nitrogens with zero attached hydrogens (tertiary/aromatic N) is 2. The topological polar surface area (TPSA) is 15.6 Å². The molecule has 0 N–H and O–H groups in total. The molecule has 2 nitrogen and oxygen atoms in total. The molecule has 1 aliphatic rings. The molecule has 0 saturated heterocycles. The van der Waals surface area contributed by atoms with Crippen molar-refractivity contribution in [3.8, 4) is 0 Å². The van der Waals surface area contributed by atoms with E-state index < -0.39 is 0 Å². The summed E-state index contributed by atoms with van der Waals surface area (Å²) in [5.74, 6) is 0. The number of anilines is 1. The predicted octanol–water partition coefficient (Wildman–Crippen LogP) is 4.12. The van der Waals surface area contributed by atoms with Gasteiger partial charge in [0.25, 0.3) is 0 Å². The zero-order valence-electron chi connectivity index (χ0n) is 14.0. The summed E-state index contributed by atoms with van der Waals surface area (Å²) >= 11 is 0.459. The van der Waals surface area contributed by atoms with Crippen molar-refractivity contribution in [2.45, 2.75) is 17.8 Å². The number of benzene rings is 3. The van der Waals surface area contributed by atoms with Crippen molar-refractivity contribution in [3.63, 3.8) is 0 Å². The molecular formula is C22H20N2Se. The van der Waals surface area contributed by atoms with Crippen molar-refractivity contribution >= 4 is 30.8 Å². The second-order valence-electron chi connectivity index (χ2n) is 6.07. The first-order valence-corrected chi connectivity index (χ1v) is 10.6. The first-order chi connectivity index (χ1) is 12.4. The number of hydrazone groups is 1. The van der Waals surface area contributed by atoms with Gasteiger partial charge in [0.15, 0.2) is 0 Å². The maximum absolute atomic E-state index is 4.98.